The van der Waals surface area contributed by atoms with E-state index in [1.165, 1.54) is 11.3 Å². The zero-order valence-electron chi connectivity index (χ0n) is 11.9. The molecule has 0 aliphatic carbocycles. The molecule has 1 unspecified atom stereocenters. The van der Waals surface area contributed by atoms with E-state index in [9.17, 15) is 4.79 Å². The summed E-state index contributed by atoms with van der Waals surface area (Å²) >= 11 is 1.49. The third kappa shape index (κ3) is 3.21. The molecular formula is C13H18N4O3S. The van der Waals surface area contributed by atoms with Gasteiger partial charge in [0.1, 0.15) is 5.01 Å². The minimum Gasteiger partial charge on any atom is -0.481 e. The van der Waals surface area contributed by atoms with Crippen molar-refractivity contribution >= 4 is 22.3 Å². The number of ether oxygens (including phenoxy) is 1. The number of nitrogens with zero attached hydrogens (tertiary/aromatic N) is 4. The van der Waals surface area contributed by atoms with Crippen molar-refractivity contribution in [3.8, 4) is 0 Å². The summed E-state index contributed by atoms with van der Waals surface area (Å²) in [4.78, 5) is 11.5. The van der Waals surface area contributed by atoms with E-state index in [1.807, 2.05) is 11.4 Å². The van der Waals surface area contributed by atoms with Crippen molar-refractivity contribution in [3.63, 3.8) is 0 Å². The Labute approximate surface area is 125 Å². The van der Waals surface area contributed by atoms with Gasteiger partial charge in [-0.15, -0.1) is 10.2 Å². The summed E-state index contributed by atoms with van der Waals surface area (Å²) < 4.78 is 7.20. The molecule has 2 aromatic heterocycles. The van der Waals surface area contributed by atoms with E-state index in [0.29, 0.717) is 12.3 Å². The average Bonchev–Trinajstić information content (AvgIpc) is 2.98. The number of hydrogen-bond donors (Lipinski definition) is 1. The monoisotopic (exact) mass is 310 g/mol. The van der Waals surface area contributed by atoms with E-state index in [2.05, 4.69) is 15.3 Å². The molecule has 0 spiro atoms. The van der Waals surface area contributed by atoms with Gasteiger partial charge in [-0.25, -0.2) is 0 Å². The summed E-state index contributed by atoms with van der Waals surface area (Å²) in [5.41, 5.74) is 0. The van der Waals surface area contributed by atoms with Crippen LogP contribution in [-0.2, 0) is 16.0 Å². The summed E-state index contributed by atoms with van der Waals surface area (Å²) in [7, 11) is 0. The van der Waals surface area contributed by atoms with Crippen LogP contribution in [0.1, 0.15) is 42.9 Å². The second kappa shape index (κ2) is 6.07. The first-order valence-corrected chi connectivity index (χ1v) is 7.95. The molecule has 0 radical (unpaired) electrons. The Kier molecular flexibility index (Phi) is 4.16. The van der Waals surface area contributed by atoms with E-state index in [4.69, 9.17) is 9.84 Å². The lowest BCUT2D eigenvalue weighted by Crippen LogP contribution is -2.16. The molecule has 1 aliphatic rings. The summed E-state index contributed by atoms with van der Waals surface area (Å²) in [6, 6.07) is 0. The molecule has 114 valence electrons. The Balaban J connectivity index is 1.77. The number of carboxylic acid groups (broad SMARTS) is 1. The number of fused-ring (bicyclic) bond motifs is 1. The molecule has 0 amide bonds. The Morgan fingerprint density at radius 3 is 2.95 bits per heavy atom. The van der Waals surface area contributed by atoms with Gasteiger partial charge in [0.25, 0.3) is 0 Å². The summed E-state index contributed by atoms with van der Waals surface area (Å²) in [6.07, 6.45) is 2.71. The smallest absolute Gasteiger partial charge is 0.303 e. The van der Waals surface area contributed by atoms with Crippen LogP contribution in [0.3, 0.4) is 0 Å². The van der Waals surface area contributed by atoms with Crippen molar-refractivity contribution in [2.24, 2.45) is 5.92 Å². The molecule has 8 heteroatoms. The van der Waals surface area contributed by atoms with Crippen molar-refractivity contribution in [2.45, 2.75) is 38.5 Å². The lowest BCUT2D eigenvalue weighted by molar-refractivity contribution is -0.137. The maximum Gasteiger partial charge on any atom is 0.303 e. The molecule has 7 nitrogen and oxygen atoms in total. The van der Waals surface area contributed by atoms with Gasteiger partial charge in [-0.05, 0) is 18.8 Å². The fourth-order valence-corrected chi connectivity index (χ4v) is 3.64. The summed E-state index contributed by atoms with van der Waals surface area (Å²) in [6.45, 7) is 3.44. The van der Waals surface area contributed by atoms with Crippen LogP contribution in [0.25, 0.3) is 4.96 Å². The van der Waals surface area contributed by atoms with Crippen LogP contribution < -0.4 is 0 Å². The Morgan fingerprint density at radius 1 is 1.48 bits per heavy atom. The van der Waals surface area contributed by atoms with Crippen LogP contribution in [-0.4, -0.2) is 44.1 Å². The Bertz CT molecular complexity index is 632. The minimum atomic E-state index is -0.770. The fraction of sp³-hybridized carbons (Fsp3) is 0.692. The van der Waals surface area contributed by atoms with Gasteiger partial charge in [0.15, 0.2) is 5.82 Å². The zero-order valence-corrected chi connectivity index (χ0v) is 12.7. The van der Waals surface area contributed by atoms with E-state index < -0.39 is 5.97 Å². The first kappa shape index (κ1) is 14.4. The molecule has 0 bridgehead atoms. The predicted molar refractivity (Wildman–Crippen MR) is 76.6 cm³/mol. The highest BCUT2D eigenvalue weighted by atomic mass is 32.1. The zero-order chi connectivity index (χ0) is 14.8. The Morgan fingerprint density at radius 2 is 2.24 bits per heavy atom. The third-order valence-electron chi connectivity index (χ3n) is 3.69. The van der Waals surface area contributed by atoms with Crippen molar-refractivity contribution in [1.29, 1.82) is 0 Å². The molecule has 0 aromatic carbocycles. The topological polar surface area (TPSA) is 89.6 Å². The van der Waals surface area contributed by atoms with Crippen molar-refractivity contribution in [1.82, 2.24) is 19.8 Å². The van der Waals surface area contributed by atoms with Gasteiger partial charge >= 0.3 is 5.97 Å². The second-order valence-electron chi connectivity index (χ2n) is 5.54. The fourth-order valence-electron chi connectivity index (χ4n) is 2.63. The summed E-state index contributed by atoms with van der Waals surface area (Å²) in [5.74, 6) is 0.549. The van der Waals surface area contributed by atoms with E-state index in [-0.39, 0.29) is 12.3 Å². The van der Waals surface area contributed by atoms with Gasteiger partial charge in [-0.3, -0.25) is 4.79 Å². The lowest BCUT2D eigenvalue weighted by atomic mass is 10.00. The van der Waals surface area contributed by atoms with Gasteiger partial charge in [-0.1, -0.05) is 18.3 Å². The van der Waals surface area contributed by atoms with Crippen molar-refractivity contribution in [2.75, 3.05) is 13.2 Å². The van der Waals surface area contributed by atoms with Crippen LogP contribution in [0.2, 0.25) is 0 Å². The summed E-state index contributed by atoms with van der Waals surface area (Å²) in [5, 5.41) is 22.8. The molecule has 3 heterocycles. The average molecular weight is 310 g/mol. The molecule has 0 saturated carbocycles. The maximum atomic E-state index is 10.7. The number of carboxylic acids is 1. The SMILES string of the molecule is CC(CC(=O)O)Cc1nn2c(C3CCOCC3)nnc2s1. The molecule has 21 heavy (non-hydrogen) atoms. The quantitative estimate of drug-likeness (QED) is 0.904. The van der Waals surface area contributed by atoms with Crippen LogP contribution in [0, 0.1) is 5.92 Å². The van der Waals surface area contributed by atoms with Crippen LogP contribution >= 0.6 is 11.3 Å². The van der Waals surface area contributed by atoms with E-state index >= 15 is 0 Å². The maximum absolute atomic E-state index is 10.7. The molecule has 1 aliphatic heterocycles. The van der Waals surface area contributed by atoms with Crippen molar-refractivity contribution < 1.29 is 14.6 Å². The van der Waals surface area contributed by atoms with E-state index in [0.717, 1.165) is 41.8 Å². The molecule has 1 saturated heterocycles. The molecule has 1 fully saturated rings. The van der Waals surface area contributed by atoms with Gasteiger partial charge in [-0.2, -0.15) is 9.61 Å². The molecule has 3 rings (SSSR count). The van der Waals surface area contributed by atoms with Crippen LogP contribution in [0.15, 0.2) is 0 Å². The van der Waals surface area contributed by atoms with E-state index in [1.54, 1.807) is 0 Å². The second-order valence-corrected chi connectivity index (χ2v) is 6.58. The number of hydrogen-bond acceptors (Lipinski definition) is 6. The number of aromatic nitrogens is 4. The number of rotatable bonds is 5. The number of aliphatic carboxylic acids is 1. The standard InChI is InChI=1S/C13H18N4O3S/c1-8(7-11(18)19)6-10-16-17-12(14-15-13(17)21-10)9-2-4-20-5-3-9/h8-9H,2-7H2,1H3,(H,18,19). The molecule has 2 aromatic rings. The highest BCUT2D eigenvalue weighted by Crippen LogP contribution is 2.27. The first-order valence-electron chi connectivity index (χ1n) is 7.14. The molecule has 1 N–H and O–H groups in total. The first-order chi connectivity index (χ1) is 10.1. The molecule has 1 atom stereocenters. The number of carbonyl (C=O) groups is 1. The van der Waals surface area contributed by atoms with Gasteiger partial charge in [0.2, 0.25) is 4.96 Å². The van der Waals surface area contributed by atoms with Gasteiger partial charge in [0, 0.05) is 32.0 Å². The predicted octanol–water partition coefficient (Wildman–Crippen LogP) is 1.73. The largest absolute Gasteiger partial charge is 0.481 e. The highest BCUT2D eigenvalue weighted by molar-refractivity contribution is 7.16. The Hall–Kier alpha value is -1.54. The minimum absolute atomic E-state index is 0.0674. The normalized spacial score (nSPS) is 18.1. The highest BCUT2D eigenvalue weighted by Gasteiger charge is 2.23. The molecular weight excluding hydrogens is 292 g/mol. The lowest BCUT2D eigenvalue weighted by Gasteiger charge is -2.19. The van der Waals surface area contributed by atoms with Crippen LogP contribution in [0.4, 0.5) is 0 Å². The van der Waals surface area contributed by atoms with Crippen molar-refractivity contribution in [3.05, 3.63) is 10.8 Å². The third-order valence-corrected chi connectivity index (χ3v) is 4.61. The van der Waals surface area contributed by atoms with Gasteiger partial charge < -0.3 is 9.84 Å². The van der Waals surface area contributed by atoms with Crippen LogP contribution in [0.5, 0.6) is 0 Å². The van der Waals surface area contributed by atoms with Gasteiger partial charge in [0.05, 0.1) is 0 Å².